The van der Waals surface area contributed by atoms with Gasteiger partial charge < -0.3 is 8.98 Å². The third-order valence-corrected chi connectivity index (χ3v) is 11.5. The van der Waals surface area contributed by atoms with Crippen LogP contribution in [-0.4, -0.2) is 19.5 Å². The quantitative estimate of drug-likeness (QED) is 0.169. The van der Waals surface area contributed by atoms with Crippen molar-refractivity contribution < 1.29 is 4.42 Å². The van der Waals surface area contributed by atoms with Gasteiger partial charge in [-0.05, 0) is 96.6 Å². The Morgan fingerprint density at radius 2 is 0.949 bits per heavy atom. The number of fused-ring (bicyclic) bond motifs is 6. The van der Waals surface area contributed by atoms with Gasteiger partial charge in [0.05, 0.1) is 16.7 Å². The fraction of sp³-hybridized carbons (Fsp3) is 0.0556. The van der Waals surface area contributed by atoms with Crippen LogP contribution in [0.4, 0.5) is 0 Å². The molecule has 3 heterocycles. The maximum Gasteiger partial charge on any atom is 0.166 e. The van der Waals surface area contributed by atoms with Gasteiger partial charge in [0, 0.05) is 38.2 Å². The summed E-state index contributed by atoms with van der Waals surface area (Å²) in [5.74, 6) is 1.83. The van der Waals surface area contributed by atoms with Crippen LogP contribution >= 0.6 is 0 Å². The Morgan fingerprint density at radius 1 is 0.390 bits per heavy atom. The topological polar surface area (TPSA) is 56.7 Å². The number of rotatable bonds is 6. The molecule has 11 rings (SSSR count). The van der Waals surface area contributed by atoms with E-state index >= 15 is 0 Å². The average molecular weight is 759 g/mol. The zero-order valence-electron chi connectivity index (χ0n) is 32.9. The standard InChI is InChI=1S/C54H38N4O/c1-33-28-34(2)51(35(3)29-33)40-22-25-42-41-18-10-12-20-46(41)58(48(42)32-40)47-26-23-38(39-24-27-50-44(30-39)43-19-11-13-21-49(43)59-50)31-45(47)54-56-52(36-14-6-4-7-15-36)55-53(57-54)37-16-8-5-9-17-37/h4-32H,1-3H3. The summed E-state index contributed by atoms with van der Waals surface area (Å²) in [6.07, 6.45) is 0. The zero-order chi connectivity index (χ0) is 39.6. The number of furan rings is 1. The molecular formula is C54H38N4O. The van der Waals surface area contributed by atoms with Gasteiger partial charge in [-0.3, -0.25) is 0 Å². The lowest BCUT2D eigenvalue weighted by atomic mass is 9.93. The highest BCUT2D eigenvalue weighted by atomic mass is 16.3. The second kappa shape index (κ2) is 13.8. The minimum absolute atomic E-state index is 0.594. The van der Waals surface area contributed by atoms with Gasteiger partial charge in [-0.25, -0.2) is 15.0 Å². The molecule has 5 heteroatoms. The minimum atomic E-state index is 0.594. The van der Waals surface area contributed by atoms with Crippen LogP contribution in [0.15, 0.2) is 180 Å². The highest BCUT2D eigenvalue weighted by Crippen LogP contribution is 2.41. The molecule has 59 heavy (non-hydrogen) atoms. The van der Waals surface area contributed by atoms with Crippen molar-refractivity contribution >= 4 is 43.7 Å². The Hall–Kier alpha value is -7.63. The number of aryl methyl sites for hydroxylation is 3. The molecule has 0 unspecified atom stereocenters. The lowest BCUT2D eigenvalue weighted by Crippen LogP contribution is -2.04. The number of para-hydroxylation sites is 2. The van der Waals surface area contributed by atoms with Gasteiger partial charge in [0.25, 0.3) is 0 Å². The van der Waals surface area contributed by atoms with Crippen LogP contribution < -0.4 is 0 Å². The molecule has 0 aliphatic rings. The summed E-state index contributed by atoms with van der Waals surface area (Å²) in [4.78, 5) is 15.6. The monoisotopic (exact) mass is 758 g/mol. The van der Waals surface area contributed by atoms with E-state index in [1.807, 2.05) is 48.5 Å². The van der Waals surface area contributed by atoms with Crippen LogP contribution in [0, 0.1) is 20.8 Å². The summed E-state index contributed by atoms with van der Waals surface area (Å²) in [7, 11) is 0. The molecule has 11 aromatic rings. The summed E-state index contributed by atoms with van der Waals surface area (Å²) >= 11 is 0. The molecule has 5 nitrogen and oxygen atoms in total. The number of hydrogen-bond acceptors (Lipinski definition) is 4. The molecule has 0 radical (unpaired) electrons. The Kier molecular flexibility index (Phi) is 8.09. The Bertz CT molecular complexity index is 3330. The molecule has 0 amide bonds. The summed E-state index contributed by atoms with van der Waals surface area (Å²) in [6, 6.07) is 61.9. The molecule has 0 fully saturated rings. The van der Waals surface area contributed by atoms with Crippen LogP contribution in [0.2, 0.25) is 0 Å². The average Bonchev–Trinajstić information content (AvgIpc) is 3.81. The van der Waals surface area contributed by atoms with Crippen molar-refractivity contribution in [1.82, 2.24) is 19.5 Å². The van der Waals surface area contributed by atoms with Crippen molar-refractivity contribution in [2.75, 3.05) is 0 Å². The zero-order valence-corrected chi connectivity index (χ0v) is 32.9. The van der Waals surface area contributed by atoms with Crippen LogP contribution in [-0.2, 0) is 0 Å². The summed E-state index contributed by atoms with van der Waals surface area (Å²) in [5.41, 5.74) is 16.1. The summed E-state index contributed by atoms with van der Waals surface area (Å²) in [6.45, 7) is 6.59. The summed E-state index contributed by atoms with van der Waals surface area (Å²) < 4.78 is 8.62. The molecule has 280 valence electrons. The third kappa shape index (κ3) is 5.90. The maximum absolute atomic E-state index is 6.23. The van der Waals surface area contributed by atoms with Crippen LogP contribution in [0.25, 0.3) is 106 Å². The Balaban J connectivity index is 1.21. The van der Waals surface area contributed by atoms with Gasteiger partial charge in [-0.1, -0.05) is 139 Å². The van der Waals surface area contributed by atoms with Gasteiger partial charge in [0.2, 0.25) is 0 Å². The molecule has 8 aromatic carbocycles. The fourth-order valence-corrected chi connectivity index (χ4v) is 8.95. The number of hydrogen-bond donors (Lipinski definition) is 0. The smallest absolute Gasteiger partial charge is 0.166 e. The first-order valence-electron chi connectivity index (χ1n) is 20.0. The van der Waals surface area contributed by atoms with Crippen molar-refractivity contribution in [2.45, 2.75) is 20.8 Å². The first-order valence-corrected chi connectivity index (χ1v) is 20.0. The maximum atomic E-state index is 6.23. The predicted octanol–water partition coefficient (Wildman–Crippen LogP) is 14.1. The first-order chi connectivity index (χ1) is 29.0. The second-order valence-electron chi connectivity index (χ2n) is 15.4. The highest BCUT2D eigenvalue weighted by Gasteiger charge is 2.22. The van der Waals surface area contributed by atoms with E-state index in [4.69, 9.17) is 19.4 Å². The minimum Gasteiger partial charge on any atom is -0.456 e. The normalized spacial score (nSPS) is 11.6. The Labute approximate surface area is 341 Å². The van der Waals surface area contributed by atoms with Crippen LogP contribution in [0.3, 0.4) is 0 Å². The number of aromatic nitrogens is 4. The Morgan fingerprint density at radius 3 is 1.68 bits per heavy atom. The first kappa shape index (κ1) is 34.6. The van der Waals surface area contributed by atoms with E-state index in [1.54, 1.807) is 0 Å². The molecular weight excluding hydrogens is 721 g/mol. The molecule has 0 saturated heterocycles. The second-order valence-corrected chi connectivity index (χ2v) is 15.4. The molecule has 3 aromatic heterocycles. The predicted molar refractivity (Wildman–Crippen MR) is 243 cm³/mol. The van der Waals surface area contributed by atoms with Crippen LogP contribution in [0.5, 0.6) is 0 Å². The SMILES string of the molecule is Cc1cc(C)c(-c2ccc3c4ccccc4n(-c4ccc(-c5ccc6oc7ccccc7c6c5)cc4-c4nc(-c5ccccc5)nc(-c5ccccc5)n4)c3c2)c(C)c1. The van der Waals surface area contributed by atoms with Crippen LogP contribution in [0.1, 0.15) is 16.7 Å². The van der Waals surface area contributed by atoms with E-state index in [9.17, 15) is 0 Å². The summed E-state index contributed by atoms with van der Waals surface area (Å²) in [5, 5.41) is 4.55. The van der Waals surface area contributed by atoms with Gasteiger partial charge in [0.15, 0.2) is 17.5 Å². The van der Waals surface area contributed by atoms with E-state index in [-0.39, 0.29) is 0 Å². The fourth-order valence-electron chi connectivity index (χ4n) is 8.95. The molecule has 0 N–H and O–H groups in total. The molecule has 0 aliphatic heterocycles. The van der Waals surface area contributed by atoms with Gasteiger partial charge in [-0.2, -0.15) is 0 Å². The lowest BCUT2D eigenvalue weighted by molar-refractivity contribution is 0.669. The lowest BCUT2D eigenvalue weighted by Gasteiger charge is -2.17. The van der Waals surface area contributed by atoms with Crippen molar-refractivity contribution in [3.05, 3.63) is 193 Å². The third-order valence-electron chi connectivity index (χ3n) is 11.5. The molecule has 0 spiro atoms. The molecule has 0 aliphatic carbocycles. The largest absolute Gasteiger partial charge is 0.456 e. The van der Waals surface area contributed by atoms with E-state index in [2.05, 4.69) is 153 Å². The van der Waals surface area contributed by atoms with Gasteiger partial charge in [-0.15, -0.1) is 0 Å². The molecule has 0 atom stereocenters. The van der Waals surface area contributed by atoms with Crippen molar-refractivity contribution in [1.29, 1.82) is 0 Å². The van der Waals surface area contributed by atoms with Crippen molar-refractivity contribution in [3.63, 3.8) is 0 Å². The van der Waals surface area contributed by atoms with Gasteiger partial charge >= 0.3 is 0 Å². The van der Waals surface area contributed by atoms with E-state index < -0.39 is 0 Å². The van der Waals surface area contributed by atoms with E-state index in [1.165, 1.54) is 38.6 Å². The highest BCUT2D eigenvalue weighted by molar-refractivity contribution is 6.11. The van der Waals surface area contributed by atoms with Gasteiger partial charge in [0.1, 0.15) is 11.2 Å². The number of benzene rings is 8. The number of nitrogens with zero attached hydrogens (tertiary/aromatic N) is 4. The molecule has 0 bridgehead atoms. The van der Waals surface area contributed by atoms with Crippen molar-refractivity contribution in [3.8, 4) is 62.1 Å². The van der Waals surface area contributed by atoms with E-state index in [0.29, 0.717) is 17.5 Å². The van der Waals surface area contributed by atoms with Crippen molar-refractivity contribution in [2.24, 2.45) is 0 Å². The molecule has 0 saturated carbocycles. The van der Waals surface area contributed by atoms with E-state index in [0.717, 1.165) is 66.5 Å².